The second kappa shape index (κ2) is 12.1. The van der Waals surface area contributed by atoms with Crippen LogP contribution in [0.15, 0.2) is 54.6 Å². The Balaban J connectivity index is 0.987. The van der Waals surface area contributed by atoms with Crippen LogP contribution in [0.3, 0.4) is 0 Å². The van der Waals surface area contributed by atoms with Gasteiger partial charge >= 0.3 is 10.2 Å². The number of carbonyl (C=O) groups is 6. The molecule has 3 heterocycles. The number of hydrogen-bond acceptors (Lipinski definition) is 9. The molecule has 1 atom stereocenters. The van der Waals surface area contributed by atoms with Crippen molar-refractivity contribution in [3.8, 4) is 5.75 Å². The minimum absolute atomic E-state index is 0.0687. The lowest BCUT2D eigenvalue weighted by atomic mass is 10.00. The maximum atomic E-state index is 15.3. The fourth-order valence-electron chi connectivity index (χ4n) is 6.49. The molecule has 0 aliphatic carbocycles. The Hall–Kier alpha value is -6.10. The van der Waals surface area contributed by atoms with Crippen molar-refractivity contribution in [3.05, 3.63) is 71.5 Å². The smallest absolute Gasteiger partial charge is 0.326 e. The maximum absolute atomic E-state index is 15.3. The highest BCUT2D eigenvalue weighted by Gasteiger charge is 2.41. The van der Waals surface area contributed by atoms with Gasteiger partial charge in [0.25, 0.3) is 11.8 Å². The number of fused-ring (bicyclic) bond motifs is 1. The van der Waals surface area contributed by atoms with Crippen LogP contribution < -0.4 is 29.9 Å². The first kappa shape index (κ1) is 32.4. The SMILES string of the molecule is O=C(CCC(=O)Nc1ccc2c(F)c(N3CC(=O)NS3(=O)=O)c(O)cc2c1)NCc1ccc2c3c(cccc13)C(=O)N2C1CCC(=O)NC1=O. The van der Waals surface area contributed by atoms with E-state index in [2.05, 4.69) is 16.0 Å². The fraction of sp³-hybridized carbons (Fsp3) is 0.212. The molecule has 7 rings (SSSR count). The highest BCUT2D eigenvalue weighted by Crippen LogP contribution is 2.41. The first-order chi connectivity index (χ1) is 23.8. The Labute approximate surface area is 282 Å². The average molecular weight is 703 g/mol. The molecule has 4 aromatic carbocycles. The van der Waals surface area contributed by atoms with Gasteiger partial charge in [0, 0.05) is 47.8 Å². The van der Waals surface area contributed by atoms with Gasteiger partial charge in [-0.2, -0.15) is 8.42 Å². The summed E-state index contributed by atoms with van der Waals surface area (Å²) < 4.78 is 41.9. The van der Waals surface area contributed by atoms with Gasteiger partial charge in [-0.1, -0.05) is 18.2 Å². The second-order valence-electron chi connectivity index (χ2n) is 12.0. The van der Waals surface area contributed by atoms with Crippen LogP contribution in [-0.2, 0) is 40.7 Å². The third-order valence-corrected chi connectivity index (χ3v) is 10.2. The molecule has 0 aromatic heterocycles. The lowest BCUT2D eigenvalue weighted by molar-refractivity contribution is -0.134. The lowest BCUT2D eigenvalue weighted by Gasteiger charge is -2.30. The Morgan fingerprint density at radius 1 is 0.960 bits per heavy atom. The van der Waals surface area contributed by atoms with Crippen molar-refractivity contribution in [2.24, 2.45) is 0 Å². The molecule has 6 amide bonds. The van der Waals surface area contributed by atoms with Gasteiger partial charge in [-0.3, -0.25) is 39.0 Å². The maximum Gasteiger partial charge on any atom is 0.326 e. The van der Waals surface area contributed by atoms with Crippen molar-refractivity contribution in [3.63, 3.8) is 0 Å². The first-order valence-corrected chi connectivity index (χ1v) is 16.8. The lowest BCUT2D eigenvalue weighted by Crippen LogP contribution is -2.53. The number of phenols is 1. The molecule has 5 N–H and O–H groups in total. The number of halogens is 1. The number of hydrogen-bond donors (Lipinski definition) is 5. The van der Waals surface area contributed by atoms with E-state index in [9.17, 15) is 42.3 Å². The van der Waals surface area contributed by atoms with Crippen LogP contribution in [0.25, 0.3) is 21.5 Å². The number of nitrogens with one attached hydrogen (secondary N) is 4. The van der Waals surface area contributed by atoms with Crippen molar-refractivity contribution in [2.45, 2.75) is 38.3 Å². The van der Waals surface area contributed by atoms with E-state index in [4.69, 9.17) is 0 Å². The van der Waals surface area contributed by atoms with E-state index in [-0.39, 0.29) is 60.5 Å². The predicted molar refractivity (Wildman–Crippen MR) is 177 cm³/mol. The summed E-state index contributed by atoms with van der Waals surface area (Å²) >= 11 is 0. The average Bonchev–Trinajstić information content (AvgIpc) is 3.50. The number of rotatable bonds is 8. The summed E-state index contributed by atoms with van der Waals surface area (Å²) in [6, 6.07) is 12.9. The van der Waals surface area contributed by atoms with Crippen LogP contribution in [0.5, 0.6) is 5.75 Å². The molecule has 256 valence electrons. The number of imide groups is 1. The number of nitrogens with zero attached hydrogens (tertiary/aromatic N) is 2. The number of carbonyl (C=O) groups excluding carboxylic acids is 6. The number of aromatic hydroxyl groups is 1. The van der Waals surface area contributed by atoms with Crippen molar-refractivity contribution in [1.29, 1.82) is 0 Å². The highest BCUT2D eigenvalue weighted by atomic mass is 32.2. The van der Waals surface area contributed by atoms with E-state index in [0.717, 1.165) is 6.07 Å². The highest BCUT2D eigenvalue weighted by molar-refractivity contribution is 7.92. The summed E-state index contributed by atoms with van der Waals surface area (Å²) in [5.41, 5.74) is 1.21. The summed E-state index contributed by atoms with van der Waals surface area (Å²) in [6.45, 7) is -0.603. The Morgan fingerprint density at radius 2 is 1.74 bits per heavy atom. The molecular formula is C33H27FN6O9S. The molecule has 0 radical (unpaired) electrons. The van der Waals surface area contributed by atoms with E-state index in [0.29, 0.717) is 31.9 Å². The van der Waals surface area contributed by atoms with Crippen molar-refractivity contribution in [2.75, 3.05) is 21.1 Å². The summed E-state index contributed by atoms with van der Waals surface area (Å²) in [5.74, 6) is -4.90. The van der Waals surface area contributed by atoms with Crippen LogP contribution in [0.2, 0.25) is 0 Å². The van der Waals surface area contributed by atoms with E-state index in [1.54, 1.807) is 35.1 Å². The largest absolute Gasteiger partial charge is 0.506 e. The molecule has 1 unspecified atom stereocenters. The topological polar surface area (TPSA) is 211 Å². The van der Waals surface area contributed by atoms with Gasteiger partial charge in [-0.25, -0.2) is 13.4 Å². The van der Waals surface area contributed by atoms with Crippen LogP contribution in [0.1, 0.15) is 41.6 Å². The standard InChI is InChI=1S/C33H27FN6O9S/c34-30-20-6-5-18(12-17(20)13-24(41)31(30)39-15-28(45)38-50(39,48)49)36-26(43)11-10-25(42)35-14-16-4-7-22-29-19(16)2-1-3-21(29)33(47)40(22)23-8-9-27(44)37-32(23)46/h1-7,12-13,23,41H,8-11,14-15H2,(H,35,42)(H,36,43)(H,38,45)(H,37,44,46). The van der Waals surface area contributed by atoms with Gasteiger partial charge in [0.2, 0.25) is 23.6 Å². The third kappa shape index (κ3) is 5.60. The number of amides is 6. The molecule has 3 aliphatic heterocycles. The van der Waals surface area contributed by atoms with Gasteiger partial charge in [0.05, 0.1) is 5.69 Å². The van der Waals surface area contributed by atoms with Crippen LogP contribution in [0.4, 0.5) is 21.5 Å². The number of phenolic OH excluding ortho intramolecular Hbond substituents is 1. The molecule has 0 spiro atoms. The molecule has 15 nitrogen and oxygen atoms in total. The van der Waals surface area contributed by atoms with E-state index in [1.807, 2.05) is 0 Å². The van der Waals surface area contributed by atoms with Gasteiger partial charge in [-0.15, -0.1) is 0 Å². The molecule has 0 saturated carbocycles. The van der Waals surface area contributed by atoms with Crippen molar-refractivity contribution < 1.29 is 46.7 Å². The molecule has 2 saturated heterocycles. The third-order valence-electron chi connectivity index (χ3n) is 8.78. The number of anilines is 3. The van der Waals surface area contributed by atoms with Gasteiger partial charge < -0.3 is 15.7 Å². The predicted octanol–water partition coefficient (Wildman–Crippen LogP) is 1.82. The zero-order chi connectivity index (χ0) is 35.5. The van der Waals surface area contributed by atoms with Gasteiger partial charge in [0.1, 0.15) is 24.0 Å². The Morgan fingerprint density at radius 3 is 2.48 bits per heavy atom. The molecular weight excluding hydrogens is 675 g/mol. The Bertz CT molecular complexity index is 2330. The molecule has 0 bridgehead atoms. The monoisotopic (exact) mass is 702 g/mol. The zero-order valence-corrected chi connectivity index (χ0v) is 26.7. The summed E-state index contributed by atoms with van der Waals surface area (Å²) in [6.07, 6.45) is -0.0442. The minimum Gasteiger partial charge on any atom is -0.506 e. The summed E-state index contributed by atoms with van der Waals surface area (Å²) in [5, 5.41) is 19.5. The second-order valence-corrected chi connectivity index (χ2v) is 13.6. The molecule has 2 fully saturated rings. The molecule has 50 heavy (non-hydrogen) atoms. The first-order valence-electron chi connectivity index (χ1n) is 15.4. The van der Waals surface area contributed by atoms with Crippen LogP contribution in [-0.4, -0.2) is 61.6 Å². The number of benzene rings is 4. The van der Waals surface area contributed by atoms with Crippen LogP contribution in [0, 0.1) is 5.82 Å². The quantitative estimate of drug-likeness (QED) is 0.169. The van der Waals surface area contributed by atoms with Crippen molar-refractivity contribution >= 4 is 84.3 Å². The van der Waals surface area contributed by atoms with Gasteiger partial charge in [0.15, 0.2) is 5.82 Å². The Kier molecular flexibility index (Phi) is 7.85. The fourth-order valence-corrected chi connectivity index (χ4v) is 7.65. The minimum atomic E-state index is -4.37. The number of piperidine rings is 1. The van der Waals surface area contributed by atoms with Crippen LogP contribution >= 0.6 is 0 Å². The molecule has 17 heteroatoms. The van der Waals surface area contributed by atoms with Crippen molar-refractivity contribution in [1.82, 2.24) is 15.4 Å². The zero-order valence-electron chi connectivity index (χ0n) is 25.9. The normalized spacial score (nSPS) is 18.1. The molecule has 3 aliphatic rings. The van der Waals surface area contributed by atoms with E-state index in [1.165, 1.54) is 23.1 Å². The van der Waals surface area contributed by atoms with E-state index >= 15 is 4.39 Å². The summed E-state index contributed by atoms with van der Waals surface area (Å²) in [7, 11) is -4.37. The summed E-state index contributed by atoms with van der Waals surface area (Å²) in [4.78, 5) is 76.0. The van der Waals surface area contributed by atoms with Gasteiger partial charge in [-0.05, 0) is 59.2 Å². The molecule has 4 aromatic rings. The van der Waals surface area contributed by atoms with E-state index < -0.39 is 63.7 Å².